The minimum absolute atomic E-state index is 0. The smallest absolute Gasteiger partial charge is 0 e. The van der Waals surface area contributed by atoms with Crippen molar-refractivity contribution in [1.29, 1.82) is 0 Å². The van der Waals surface area contributed by atoms with Gasteiger partial charge in [0.05, 0.1) is 0 Å². The first kappa shape index (κ1) is 9.36. The molecule has 0 aliphatic heterocycles. The molecule has 0 unspecified atom stereocenters. The molecule has 0 bridgehead atoms. The summed E-state index contributed by atoms with van der Waals surface area (Å²) in [6.45, 7) is 4.32. The van der Waals surface area contributed by atoms with Gasteiger partial charge in [0.25, 0.3) is 0 Å². The second kappa shape index (κ2) is 4.22. The minimum Gasteiger partial charge on any atom is -0.253 e. The molecule has 48 valence electrons. The third-order valence-corrected chi connectivity index (χ3v) is 1.62. The van der Waals surface area contributed by atoms with Crippen molar-refractivity contribution in [3.63, 3.8) is 0 Å². The summed E-state index contributed by atoms with van der Waals surface area (Å²) in [5, 5.41) is 0. The molecule has 0 aromatic heterocycles. The molecule has 0 atom stereocenters. The van der Waals surface area contributed by atoms with Crippen LogP contribution in [0.4, 0.5) is 0 Å². The van der Waals surface area contributed by atoms with Crippen LogP contribution in [0.1, 0.15) is 26.7 Å². The second-order valence-electron chi connectivity index (χ2n) is 2.13. The average molecular weight is 198 g/mol. The van der Waals surface area contributed by atoms with Crippen molar-refractivity contribution >= 4 is 0 Å². The fourth-order valence-electron chi connectivity index (χ4n) is 0.992. The topological polar surface area (TPSA) is 0 Å². The summed E-state index contributed by atoms with van der Waals surface area (Å²) >= 11 is 0. The van der Waals surface area contributed by atoms with Gasteiger partial charge in [-0.1, -0.05) is 20.3 Å². The van der Waals surface area contributed by atoms with Gasteiger partial charge in [0.1, 0.15) is 0 Å². The van der Waals surface area contributed by atoms with Crippen molar-refractivity contribution in [3.8, 4) is 0 Å². The van der Waals surface area contributed by atoms with E-state index < -0.39 is 0 Å². The van der Waals surface area contributed by atoms with Gasteiger partial charge in [-0.2, -0.15) is 6.08 Å². The molecule has 1 rings (SSSR count). The average Bonchev–Trinajstić information content (AvgIpc) is 2.14. The number of hydrogen-bond acceptors (Lipinski definition) is 0. The fourth-order valence-corrected chi connectivity index (χ4v) is 0.992. The molecule has 0 spiro atoms. The van der Waals surface area contributed by atoms with Crippen LogP contribution < -0.4 is 0 Å². The molecule has 9 heavy (non-hydrogen) atoms. The van der Waals surface area contributed by atoms with E-state index in [4.69, 9.17) is 0 Å². The molecular weight excluding hydrogens is 187 g/mol. The van der Waals surface area contributed by atoms with Gasteiger partial charge in [-0.25, -0.2) is 11.1 Å². The van der Waals surface area contributed by atoms with Gasteiger partial charge in [-0.15, -0.1) is 6.42 Å². The monoisotopic (exact) mass is 197 g/mol. The maximum atomic E-state index is 3.18. The van der Waals surface area contributed by atoms with E-state index in [1.54, 1.807) is 5.57 Å². The van der Waals surface area contributed by atoms with Gasteiger partial charge in [0.2, 0.25) is 0 Å². The largest absolute Gasteiger partial charge is 0.253 e. The summed E-state index contributed by atoms with van der Waals surface area (Å²) in [4.78, 5) is 0. The van der Waals surface area contributed by atoms with Crippen LogP contribution in [0.5, 0.6) is 0 Å². The quantitative estimate of drug-likeness (QED) is 0.568. The molecule has 0 saturated heterocycles. The van der Waals surface area contributed by atoms with Crippen LogP contribution in [0, 0.1) is 6.08 Å². The second-order valence-corrected chi connectivity index (χ2v) is 2.13. The van der Waals surface area contributed by atoms with Crippen molar-refractivity contribution in [2.24, 2.45) is 0 Å². The predicted octanol–water partition coefficient (Wildman–Crippen LogP) is 2.47. The van der Waals surface area contributed by atoms with Crippen molar-refractivity contribution in [1.82, 2.24) is 0 Å². The minimum atomic E-state index is 0. The van der Waals surface area contributed by atoms with Crippen molar-refractivity contribution < 1.29 is 26.2 Å². The third kappa shape index (κ3) is 2.22. The van der Waals surface area contributed by atoms with E-state index in [0.717, 1.165) is 6.42 Å². The van der Waals surface area contributed by atoms with Gasteiger partial charge >= 0.3 is 0 Å². The van der Waals surface area contributed by atoms with E-state index in [1.165, 1.54) is 12.0 Å². The molecule has 0 nitrogen and oxygen atoms in total. The van der Waals surface area contributed by atoms with Crippen LogP contribution in [0.15, 0.2) is 17.2 Å². The van der Waals surface area contributed by atoms with Crippen LogP contribution >= 0.6 is 0 Å². The van der Waals surface area contributed by atoms with Crippen LogP contribution in [0.2, 0.25) is 0 Å². The number of rotatable bonds is 1. The number of allylic oxidation sites excluding steroid dienone is 4. The predicted molar refractivity (Wildman–Crippen MR) is 35.4 cm³/mol. The van der Waals surface area contributed by atoms with E-state index in [2.05, 4.69) is 26.0 Å². The van der Waals surface area contributed by atoms with Crippen molar-refractivity contribution in [3.05, 3.63) is 23.3 Å². The normalized spacial score (nSPS) is 16.2. The Balaban J connectivity index is 0.000000640. The summed E-state index contributed by atoms with van der Waals surface area (Å²) in [7, 11) is 0. The SMILES string of the molecule is CCC1=C(C)[C-]=CC1.[Zr]. The first-order valence-electron chi connectivity index (χ1n) is 3.11. The van der Waals surface area contributed by atoms with Crippen molar-refractivity contribution in [2.75, 3.05) is 0 Å². The zero-order valence-corrected chi connectivity index (χ0v) is 8.45. The third-order valence-electron chi connectivity index (χ3n) is 1.62. The zero-order valence-electron chi connectivity index (χ0n) is 5.99. The first-order valence-corrected chi connectivity index (χ1v) is 3.11. The molecule has 0 N–H and O–H groups in total. The summed E-state index contributed by atoms with van der Waals surface area (Å²) in [6, 6.07) is 0. The molecular formula is C8H11Zr-. The van der Waals surface area contributed by atoms with E-state index in [1.807, 2.05) is 0 Å². The molecule has 1 aliphatic rings. The Morgan fingerprint density at radius 2 is 2.33 bits per heavy atom. The molecule has 0 amide bonds. The molecule has 0 aromatic rings. The van der Waals surface area contributed by atoms with Gasteiger partial charge < -0.3 is 0 Å². The Bertz CT molecular complexity index is 143. The fraction of sp³-hybridized carbons (Fsp3) is 0.500. The first-order chi connectivity index (χ1) is 3.84. The van der Waals surface area contributed by atoms with Crippen LogP contribution in [0.25, 0.3) is 0 Å². The van der Waals surface area contributed by atoms with Crippen LogP contribution in [-0.4, -0.2) is 0 Å². The maximum Gasteiger partial charge on any atom is 0 e. The van der Waals surface area contributed by atoms with E-state index in [-0.39, 0.29) is 26.2 Å². The maximum absolute atomic E-state index is 3.18. The summed E-state index contributed by atoms with van der Waals surface area (Å²) in [6.07, 6.45) is 7.61. The van der Waals surface area contributed by atoms with E-state index >= 15 is 0 Å². The molecule has 0 heterocycles. The molecule has 0 fully saturated rings. The van der Waals surface area contributed by atoms with Crippen molar-refractivity contribution in [2.45, 2.75) is 26.7 Å². The summed E-state index contributed by atoms with van der Waals surface area (Å²) < 4.78 is 0. The van der Waals surface area contributed by atoms with Gasteiger partial charge in [0.15, 0.2) is 0 Å². The van der Waals surface area contributed by atoms with Crippen LogP contribution in [0.3, 0.4) is 0 Å². The van der Waals surface area contributed by atoms with Gasteiger partial charge in [-0.3, -0.25) is 6.08 Å². The Morgan fingerprint density at radius 3 is 2.56 bits per heavy atom. The van der Waals surface area contributed by atoms with Gasteiger partial charge in [0, 0.05) is 26.2 Å². The summed E-state index contributed by atoms with van der Waals surface area (Å²) in [5.74, 6) is 0. The Hall–Kier alpha value is 0.363. The number of hydrogen-bond donors (Lipinski definition) is 0. The Morgan fingerprint density at radius 1 is 1.67 bits per heavy atom. The van der Waals surface area contributed by atoms with Gasteiger partial charge in [-0.05, 0) is 0 Å². The molecule has 1 heteroatoms. The Labute approximate surface area is 76.2 Å². The Kier molecular flexibility index (Phi) is 4.39. The molecule has 0 radical (unpaired) electrons. The van der Waals surface area contributed by atoms with E-state index in [0.29, 0.717) is 0 Å². The van der Waals surface area contributed by atoms with Crippen LogP contribution in [-0.2, 0) is 26.2 Å². The molecule has 1 aliphatic carbocycles. The standard InChI is InChI=1S/C8H11.Zr/c1-3-8-6-4-5-7(8)2;/h4H,3,6H2,1-2H3;/q-1;. The molecule has 0 aromatic carbocycles. The zero-order chi connectivity index (χ0) is 5.98. The summed E-state index contributed by atoms with van der Waals surface area (Å²) in [5.41, 5.74) is 2.90. The molecule has 0 saturated carbocycles. The van der Waals surface area contributed by atoms with E-state index in [9.17, 15) is 0 Å².